The fraction of sp³-hybridized carbons (Fsp3) is 0.583. The largest absolute Gasteiger partial charge is 0.477 e. The topological polar surface area (TPSA) is 94.9 Å². The molecule has 1 saturated heterocycles. The van der Waals surface area contributed by atoms with Crippen molar-refractivity contribution in [3.63, 3.8) is 0 Å². The van der Waals surface area contributed by atoms with Crippen LogP contribution in [0.15, 0.2) is 16.3 Å². The lowest BCUT2D eigenvalue weighted by atomic mass is 10.00. The molecule has 8 heteroatoms. The smallest absolute Gasteiger partial charge is 0.347 e. The van der Waals surface area contributed by atoms with Crippen LogP contribution < -0.4 is 0 Å². The van der Waals surface area contributed by atoms with E-state index in [1.54, 1.807) is 0 Å². The minimum atomic E-state index is -3.78. The number of fused-ring (bicyclic) bond motifs is 1. The van der Waals surface area contributed by atoms with E-state index in [1.807, 2.05) is 0 Å². The third-order valence-electron chi connectivity index (χ3n) is 4.23. The van der Waals surface area contributed by atoms with Crippen molar-refractivity contribution in [1.82, 2.24) is 4.31 Å². The summed E-state index contributed by atoms with van der Waals surface area (Å²) in [4.78, 5) is 10.8. The van der Waals surface area contributed by atoms with Gasteiger partial charge in [-0.05, 0) is 30.2 Å². The minimum absolute atomic E-state index is 0.0170. The van der Waals surface area contributed by atoms with Gasteiger partial charge in [0, 0.05) is 19.0 Å². The van der Waals surface area contributed by atoms with Crippen LogP contribution >= 0.6 is 11.3 Å². The van der Waals surface area contributed by atoms with E-state index in [2.05, 4.69) is 0 Å². The van der Waals surface area contributed by atoms with Gasteiger partial charge in [-0.25, -0.2) is 13.2 Å². The van der Waals surface area contributed by atoms with Crippen molar-refractivity contribution in [2.24, 2.45) is 11.8 Å². The molecule has 2 N–H and O–H groups in total. The first-order chi connectivity index (χ1) is 9.41. The predicted molar refractivity (Wildman–Crippen MR) is 72.3 cm³/mol. The lowest BCUT2D eigenvalue weighted by molar-refractivity contribution is 0.0698. The molecule has 1 aromatic heterocycles. The highest BCUT2D eigenvalue weighted by molar-refractivity contribution is 7.89. The average Bonchev–Trinajstić information content (AvgIpc) is 3.06. The van der Waals surface area contributed by atoms with Crippen LogP contribution in [0, 0.1) is 11.8 Å². The van der Waals surface area contributed by atoms with Gasteiger partial charge in [-0.2, -0.15) is 4.31 Å². The summed E-state index contributed by atoms with van der Waals surface area (Å²) in [6.07, 6.45) is 1.11. The van der Waals surface area contributed by atoms with Crippen molar-refractivity contribution >= 4 is 27.3 Å². The Labute approximate surface area is 120 Å². The summed E-state index contributed by atoms with van der Waals surface area (Å²) in [6, 6.07) is 1.34. The minimum Gasteiger partial charge on any atom is -0.477 e. The van der Waals surface area contributed by atoms with E-state index < -0.39 is 22.1 Å². The van der Waals surface area contributed by atoms with Crippen LogP contribution in [0.2, 0.25) is 0 Å². The number of thiophene rings is 1. The molecule has 2 fully saturated rings. The monoisotopic (exact) mass is 317 g/mol. The summed E-state index contributed by atoms with van der Waals surface area (Å²) >= 11 is 0.910. The Morgan fingerprint density at radius 3 is 2.75 bits per heavy atom. The molecule has 1 saturated carbocycles. The van der Waals surface area contributed by atoms with Crippen molar-refractivity contribution in [2.75, 3.05) is 13.1 Å². The van der Waals surface area contributed by atoms with Crippen molar-refractivity contribution in [3.8, 4) is 0 Å². The Hall–Kier alpha value is -0.960. The highest BCUT2D eigenvalue weighted by atomic mass is 32.2. The number of carbonyl (C=O) groups is 1. The van der Waals surface area contributed by atoms with Gasteiger partial charge in [0.25, 0.3) is 0 Å². The predicted octanol–water partition coefficient (Wildman–Crippen LogP) is 0.838. The van der Waals surface area contributed by atoms with Gasteiger partial charge < -0.3 is 10.2 Å². The number of aliphatic hydroxyl groups is 1. The van der Waals surface area contributed by atoms with Crippen LogP contribution in [0.25, 0.3) is 0 Å². The Morgan fingerprint density at radius 1 is 1.35 bits per heavy atom. The van der Waals surface area contributed by atoms with E-state index in [0.29, 0.717) is 6.54 Å². The molecule has 110 valence electrons. The van der Waals surface area contributed by atoms with E-state index in [9.17, 15) is 18.3 Å². The maximum atomic E-state index is 12.5. The zero-order valence-electron chi connectivity index (χ0n) is 10.6. The first-order valence-corrected chi connectivity index (χ1v) is 8.72. The van der Waals surface area contributed by atoms with Gasteiger partial charge in [0.1, 0.15) is 9.77 Å². The molecule has 2 heterocycles. The zero-order valence-corrected chi connectivity index (χ0v) is 12.2. The number of carboxylic acid groups (broad SMARTS) is 1. The number of aliphatic hydroxyl groups excluding tert-OH is 1. The number of sulfonamides is 1. The summed E-state index contributed by atoms with van der Waals surface area (Å²) < 4.78 is 26.4. The van der Waals surface area contributed by atoms with Gasteiger partial charge in [0.05, 0.1) is 6.10 Å². The van der Waals surface area contributed by atoms with Crippen LogP contribution in [0.5, 0.6) is 0 Å². The maximum Gasteiger partial charge on any atom is 0.347 e. The fourth-order valence-electron chi connectivity index (χ4n) is 3.19. The number of carboxylic acids is 1. The zero-order chi connectivity index (χ0) is 14.5. The van der Waals surface area contributed by atoms with Gasteiger partial charge in [-0.3, -0.25) is 0 Å². The van der Waals surface area contributed by atoms with Gasteiger partial charge in [0.15, 0.2) is 0 Å². The molecule has 1 aliphatic heterocycles. The second kappa shape index (κ2) is 4.80. The van der Waals surface area contributed by atoms with Gasteiger partial charge in [0.2, 0.25) is 10.0 Å². The highest BCUT2D eigenvalue weighted by Crippen LogP contribution is 2.40. The Kier molecular flexibility index (Phi) is 3.36. The third kappa shape index (κ3) is 2.07. The van der Waals surface area contributed by atoms with Gasteiger partial charge in [-0.15, -0.1) is 11.3 Å². The molecular formula is C12H15NO5S2. The number of rotatable bonds is 3. The molecule has 1 aromatic rings. The Balaban J connectivity index is 1.90. The number of hydrogen-bond acceptors (Lipinski definition) is 5. The lowest BCUT2D eigenvalue weighted by Crippen LogP contribution is -2.31. The molecule has 1 aliphatic carbocycles. The second-order valence-corrected chi connectivity index (χ2v) is 8.13. The van der Waals surface area contributed by atoms with Crippen LogP contribution in [0.1, 0.15) is 22.5 Å². The SMILES string of the molecule is O=C(O)c1sccc1S(=O)(=O)N1CC2CCC(O)C2C1. The molecule has 0 aromatic carbocycles. The Bertz CT molecular complexity index is 638. The average molecular weight is 317 g/mol. The molecule has 3 unspecified atom stereocenters. The van der Waals surface area contributed by atoms with E-state index in [-0.39, 0.29) is 28.2 Å². The first kappa shape index (κ1) is 14.0. The maximum absolute atomic E-state index is 12.5. The van der Waals surface area contributed by atoms with E-state index in [0.717, 1.165) is 24.2 Å². The van der Waals surface area contributed by atoms with Gasteiger partial charge in [-0.1, -0.05) is 0 Å². The molecule has 0 radical (unpaired) electrons. The fourth-order valence-corrected chi connectivity index (χ4v) is 5.96. The van der Waals surface area contributed by atoms with E-state index in [1.165, 1.54) is 15.8 Å². The molecule has 3 atom stereocenters. The number of hydrogen-bond donors (Lipinski definition) is 2. The highest BCUT2D eigenvalue weighted by Gasteiger charge is 2.46. The van der Waals surface area contributed by atoms with Crippen molar-refractivity contribution < 1.29 is 23.4 Å². The van der Waals surface area contributed by atoms with E-state index >= 15 is 0 Å². The Morgan fingerprint density at radius 2 is 2.10 bits per heavy atom. The van der Waals surface area contributed by atoms with Crippen LogP contribution in [0.4, 0.5) is 0 Å². The second-order valence-electron chi connectivity index (χ2n) is 5.31. The normalized spacial score (nSPS) is 30.6. The third-order valence-corrected chi connectivity index (χ3v) is 7.13. The lowest BCUT2D eigenvalue weighted by Gasteiger charge is -2.18. The molecule has 20 heavy (non-hydrogen) atoms. The molecule has 6 nitrogen and oxygen atoms in total. The molecule has 2 aliphatic rings. The molecule has 0 spiro atoms. The standard InChI is InChI=1S/C12H15NO5S2/c14-9-2-1-7-5-13(6-8(7)9)20(17,18)10-3-4-19-11(10)12(15)16/h3-4,7-9,14H,1-2,5-6H2,(H,15,16). The van der Waals surface area contributed by atoms with Crippen LogP contribution in [0.3, 0.4) is 0 Å². The summed E-state index contributed by atoms with van der Waals surface area (Å²) in [5, 5.41) is 20.4. The van der Waals surface area contributed by atoms with Crippen LogP contribution in [-0.4, -0.2) is 48.1 Å². The van der Waals surface area contributed by atoms with Crippen LogP contribution in [-0.2, 0) is 10.0 Å². The number of aromatic carboxylic acids is 1. The molecule has 0 bridgehead atoms. The summed E-state index contributed by atoms with van der Waals surface area (Å²) in [6.45, 7) is 0.655. The quantitative estimate of drug-likeness (QED) is 0.861. The molecular weight excluding hydrogens is 302 g/mol. The summed E-state index contributed by atoms with van der Waals surface area (Å²) in [5.41, 5.74) is 0. The van der Waals surface area contributed by atoms with Gasteiger partial charge >= 0.3 is 5.97 Å². The van der Waals surface area contributed by atoms with Crippen molar-refractivity contribution in [1.29, 1.82) is 0 Å². The summed E-state index contributed by atoms with van der Waals surface area (Å²) in [5.74, 6) is -1.05. The number of nitrogens with zero attached hydrogens (tertiary/aromatic N) is 1. The van der Waals surface area contributed by atoms with Crippen molar-refractivity contribution in [3.05, 3.63) is 16.3 Å². The molecule has 0 amide bonds. The van der Waals surface area contributed by atoms with Crippen molar-refractivity contribution in [2.45, 2.75) is 23.8 Å². The summed E-state index contributed by atoms with van der Waals surface area (Å²) in [7, 11) is -3.78. The first-order valence-electron chi connectivity index (χ1n) is 6.40. The van der Waals surface area contributed by atoms with E-state index in [4.69, 9.17) is 5.11 Å². The molecule has 3 rings (SSSR count).